The summed E-state index contributed by atoms with van der Waals surface area (Å²) in [6.45, 7) is 0. The molecule has 19 heavy (non-hydrogen) atoms. The SMILES string of the molecule is CSc1ccccc1NC(=O)N1CSC[C@H]1C(=O)O. The lowest BCUT2D eigenvalue weighted by molar-refractivity contribution is -0.140. The molecule has 2 rings (SSSR count). The van der Waals surface area contributed by atoms with Crippen LogP contribution < -0.4 is 5.32 Å². The Kier molecular flexibility index (Phi) is 4.60. The van der Waals surface area contributed by atoms with E-state index in [4.69, 9.17) is 5.11 Å². The third-order valence-corrected chi connectivity index (χ3v) is 4.58. The molecule has 1 atom stereocenters. The van der Waals surface area contributed by atoms with Crippen molar-refractivity contribution < 1.29 is 14.7 Å². The first-order chi connectivity index (χ1) is 9.13. The summed E-state index contributed by atoms with van der Waals surface area (Å²) in [4.78, 5) is 25.5. The maximum Gasteiger partial charge on any atom is 0.327 e. The Bertz CT molecular complexity index is 496. The molecule has 7 heteroatoms. The van der Waals surface area contributed by atoms with E-state index in [0.29, 0.717) is 17.3 Å². The predicted octanol–water partition coefficient (Wildman–Crippen LogP) is 2.40. The van der Waals surface area contributed by atoms with Gasteiger partial charge < -0.3 is 15.3 Å². The molecular weight excluding hydrogens is 284 g/mol. The molecule has 0 bridgehead atoms. The summed E-state index contributed by atoms with van der Waals surface area (Å²) in [5.41, 5.74) is 0.709. The highest BCUT2D eigenvalue weighted by molar-refractivity contribution is 7.99. The zero-order valence-corrected chi connectivity index (χ0v) is 12.0. The normalized spacial score (nSPS) is 18.4. The van der Waals surface area contributed by atoms with Gasteiger partial charge in [0.2, 0.25) is 0 Å². The maximum atomic E-state index is 12.1. The number of carboxylic acid groups (broad SMARTS) is 1. The Morgan fingerprint density at radius 2 is 2.21 bits per heavy atom. The molecule has 2 N–H and O–H groups in total. The number of urea groups is 1. The number of nitrogens with one attached hydrogen (secondary N) is 1. The number of hydrogen-bond donors (Lipinski definition) is 2. The van der Waals surface area contributed by atoms with Crippen molar-refractivity contribution in [2.75, 3.05) is 23.2 Å². The van der Waals surface area contributed by atoms with Crippen molar-refractivity contribution in [2.45, 2.75) is 10.9 Å². The van der Waals surface area contributed by atoms with Crippen molar-refractivity contribution in [3.05, 3.63) is 24.3 Å². The Morgan fingerprint density at radius 1 is 1.47 bits per heavy atom. The van der Waals surface area contributed by atoms with E-state index in [9.17, 15) is 9.59 Å². The lowest BCUT2D eigenvalue weighted by Crippen LogP contribution is -2.44. The second kappa shape index (κ2) is 6.21. The molecule has 0 radical (unpaired) electrons. The van der Waals surface area contributed by atoms with Crippen LogP contribution in [0.1, 0.15) is 0 Å². The lowest BCUT2D eigenvalue weighted by atomic mass is 10.3. The third kappa shape index (κ3) is 3.16. The van der Waals surface area contributed by atoms with Gasteiger partial charge in [0, 0.05) is 10.6 Å². The quantitative estimate of drug-likeness (QED) is 0.839. The lowest BCUT2D eigenvalue weighted by Gasteiger charge is -2.21. The first-order valence-electron chi connectivity index (χ1n) is 5.64. The van der Waals surface area contributed by atoms with Crippen LogP contribution in [0.5, 0.6) is 0 Å². The largest absolute Gasteiger partial charge is 0.480 e. The minimum Gasteiger partial charge on any atom is -0.480 e. The molecule has 0 aromatic heterocycles. The van der Waals surface area contributed by atoms with Gasteiger partial charge in [0.15, 0.2) is 0 Å². The fourth-order valence-corrected chi connectivity index (χ4v) is 3.48. The summed E-state index contributed by atoms with van der Waals surface area (Å²) in [6.07, 6.45) is 1.93. The molecule has 0 saturated carbocycles. The smallest absolute Gasteiger partial charge is 0.327 e. The zero-order chi connectivity index (χ0) is 13.8. The van der Waals surface area contributed by atoms with Crippen molar-refractivity contribution in [1.82, 2.24) is 4.90 Å². The third-order valence-electron chi connectivity index (χ3n) is 2.78. The van der Waals surface area contributed by atoms with Gasteiger partial charge in [0.1, 0.15) is 6.04 Å². The molecular formula is C12H14N2O3S2. The van der Waals surface area contributed by atoms with Crippen LogP contribution in [-0.2, 0) is 4.79 Å². The van der Waals surface area contributed by atoms with Gasteiger partial charge in [-0.2, -0.15) is 0 Å². The summed E-state index contributed by atoms with van der Waals surface area (Å²) in [5.74, 6) is -0.115. The van der Waals surface area contributed by atoms with E-state index in [0.717, 1.165) is 4.90 Å². The van der Waals surface area contributed by atoms with Gasteiger partial charge >= 0.3 is 12.0 Å². The average molecular weight is 298 g/mol. The molecule has 0 unspecified atom stereocenters. The van der Waals surface area contributed by atoms with Gasteiger partial charge in [0.05, 0.1) is 11.6 Å². The number of amides is 2. The molecule has 1 aliphatic heterocycles. The van der Waals surface area contributed by atoms with Crippen LogP contribution in [0, 0.1) is 0 Å². The van der Waals surface area contributed by atoms with Crippen molar-refractivity contribution >= 4 is 41.2 Å². The predicted molar refractivity (Wildman–Crippen MR) is 77.8 cm³/mol. The minimum atomic E-state index is -0.960. The average Bonchev–Trinajstić information content (AvgIpc) is 2.88. The standard InChI is InChI=1S/C12H14N2O3S2/c1-18-10-5-3-2-4-8(10)13-12(17)14-7-19-6-9(14)11(15)16/h2-5,9H,6-7H2,1H3,(H,13,17)(H,15,16)/t9-/m0/s1. The van der Waals surface area contributed by atoms with Crippen molar-refractivity contribution in [1.29, 1.82) is 0 Å². The number of hydrogen-bond acceptors (Lipinski definition) is 4. The first-order valence-corrected chi connectivity index (χ1v) is 8.02. The molecule has 5 nitrogen and oxygen atoms in total. The fraction of sp³-hybridized carbons (Fsp3) is 0.333. The molecule has 0 aliphatic carbocycles. The topological polar surface area (TPSA) is 69.6 Å². The van der Waals surface area contributed by atoms with Crippen LogP contribution in [0.3, 0.4) is 0 Å². The van der Waals surface area contributed by atoms with Crippen LogP contribution in [0.2, 0.25) is 0 Å². The highest BCUT2D eigenvalue weighted by atomic mass is 32.2. The molecule has 0 spiro atoms. The summed E-state index contributed by atoms with van der Waals surface area (Å²) in [5, 5.41) is 11.8. The van der Waals surface area contributed by atoms with E-state index in [1.54, 1.807) is 0 Å². The fourth-order valence-electron chi connectivity index (χ4n) is 1.78. The van der Waals surface area contributed by atoms with Crippen LogP contribution in [0.4, 0.5) is 10.5 Å². The number of nitrogens with zero attached hydrogens (tertiary/aromatic N) is 1. The molecule has 1 aromatic carbocycles. The summed E-state index contributed by atoms with van der Waals surface area (Å²) in [6, 6.07) is 6.34. The van der Waals surface area contributed by atoms with Gasteiger partial charge in [-0.1, -0.05) is 12.1 Å². The number of benzene rings is 1. The Labute approximate surface area is 119 Å². The summed E-state index contributed by atoms with van der Waals surface area (Å²) >= 11 is 2.98. The minimum absolute atomic E-state index is 0.362. The van der Waals surface area contributed by atoms with Gasteiger partial charge in [-0.05, 0) is 18.4 Å². The second-order valence-corrected chi connectivity index (χ2v) is 5.80. The number of anilines is 1. The highest BCUT2D eigenvalue weighted by Gasteiger charge is 2.34. The molecule has 1 heterocycles. The van der Waals surface area contributed by atoms with E-state index >= 15 is 0 Å². The number of carbonyl (C=O) groups is 2. The van der Waals surface area contributed by atoms with Crippen LogP contribution >= 0.6 is 23.5 Å². The van der Waals surface area contributed by atoms with E-state index < -0.39 is 12.0 Å². The maximum absolute atomic E-state index is 12.1. The van der Waals surface area contributed by atoms with Crippen LogP contribution in [-0.4, -0.2) is 45.9 Å². The van der Waals surface area contributed by atoms with Gasteiger partial charge in [0.25, 0.3) is 0 Å². The van der Waals surface area contributed by atoms with Crippen molar-refractivity contribution in [2.24, 2.45) is 0 Å². The molecule has 1 aromatic rings. The van der Waals surface area contributed by atoms with Crippen molar-refractivity contribution in [3.8, 4) is 0 Å². The highest BCUT2D eigenvalue weighted by Crippen LogP contribution is 2.27. The number of carbonyl (C=O) groups excluding carboxylic acids is 1. The number of thioether (sulfide) groups is 2. The zero-order valence-electron chi connectivity index (χ0n) is 10.3. The Balaban J connectivity index is 2.10. The van der Waals surface area contributed by atoms with Crippen LogP contribution in [0.25, 0.3) is 0 Å². The van der Waals surface area contributed by atoms with Crippen molar-refractivity contribution in [3.63, 3.8) is 0 Å². The number of carboxylic acids is 1. The molecule has 1 aliphatic rings. The second-order valence-electron chi connectivity index (χ2n) is 3.95. The molecule has 102 valence electrons. The molecule has 1 saturated heterocycles. The number of rotatable bonds is 3. The van der Waals surface area contributed by atoms with Gasteiger partial charge in [-0.3, -0.25) is 0 Å². The van der Waals surface area contributed by atoms with E-state index in [1.807, 2.05) is 30.5 Å². The van der Waals surface area contributed by atoms with E-state index in [-0.39, 0.29) is 6.03 Å². The van der Waals surface area contributed by atoms with E-state index in [2.05, 4.69) is 5.32 Å². The molecule has 2 amide bonds. The van der Waals surface area contributed by atoms with E-state index in [1.165, 1.54) is 28.4 Å². The Morgan fingerprint density at radius 3 is 2.89 bits per heavy atom. The molecule has 1 fully saturated rings. The first kappa shape index (κ1) is 14.1. The van der Waals surface area contributed by atoms with Gasteiger partial charge in [-0.25, -0.2) is 9.59 Å². The monoisotopic (exact) mass is 298 g/mol. The summed E-state index contributed by atoms with van der Waals surface area (Å²) < 4.78 is 0. The van der Waals surface area contributed by atoms with Crippen LogP contribution in [0.15, 0.2) is 29.2 Å². The number of para-hydroxylation sites is 1. The van der Waals surface area contributed by atoms with Gasteiger partial charge in [-0.15, -0.1) is 23.5 Å². The summed E-state index contributed by atoms with van der Waals surface area (Å²) in [7, 11) is 0. The Hall–Kier alpha value is -1.34. The number of aliphatic carboxylic acids is 1.